The molecule has 1 aromatic rings. The number of nitrogens with zero attached hydrogens (tertiary/aromatic N) is 1. The number of carbonyl (C=O) groups is 1. The summed E-state index contributed by atoms with van der Waals surface area (Å²) in [4.78, 5) is 13.7. The number of aliphatic carboxylic acids is 1. The molecule has 1 heterocycles. The number of rotatable bonds is 6. The summed E-state index contributed by atoms with van der Waals surface area (Å²) in [7, 11) is 1.66. The van der Waals surface area contributed by atoms with Crippen molar-refractivity contribution < 1.29 is 19.0 Å². The lowest BCUT2D eigenvalue weighted by Gasteiger charge is -2.36. The Balaban J connectivity index is 2.49. The molecule has 0 aliphatic carbocycles. The molecule has 0 radical (unpaired) electrons. The van der Waals surface area contributed by atoms with Crippen LogP contribution < -0.4 is 4.90 Å². The first-order valence-corrected chi connectivity index (χ1v) is 8.77. The zero-order valence-electron chi connectivity index (χ0n) is 13.5. The van der Waals surface area contributed by atoms with Crippen molar-refractivity contribution in [3.8, 4) is 0 Å². The number of hydrogen-bond acceptors (Lipinski definition) is 3. The molecule has 2 rings (SSSR count). The van der Waals surface area contributed by atoms with Gasteiger partial charge in [0.2, 0.25) is 0 Å². The van der Waals surface area contributed by atoms with Crippen LogP contribution in [0.15, 0.2) is 16.6 Å². The molecule has 1 fully saturated rings. The normalized spacial score (nSPS) is 19.7. The van der Waals surface area contributed by atoms with Crippen LogP contribution in [0.25, 0.3) is 0 Å². The minimum atomic E-state index is -0.917. The Kier molecular flexibility index (Phi) is 6.41. The van der Waals surface area contributed by atoms with Gasteiger partial charge in [0.25, 0.3) is 0 Å². The smallest absolute Gasteiger partial charge is 0.311 e. The molecule has 128 valence electrons. The number of ether oxygens (including phenoxy) is 1. The monoisotopic (exact) mass is 387 g/mol. The number of halogens is 2. The van der Waals surface area contributed by atoms with Crippen LogP contribution in [0.3, 0.4) is 0 Å². The summed E-state index contributed by atoms with van der Waals surface area (Å²) in [6.07, 6.45) is 3.08. The molecule has 1 N–H and O–H groups in total. The van der Waals surface area contributed by atoms with E-state index in [1.807, 2.05) is 11.8 Å². The summed E-state index contributed by atoms with van der Waals surface area (Å²) >= 11 is 3.43. The van der Waals surface area contributed by atoms with Gasteiger partial charge in [0.15, 0.2) is 0 Å². The predicted octanol–water partition coefficient (Wildman–Crippen LogP) is 4.17. The van der Waals surface area contributed by atoms with Gasteiger partial charge in [0, 0.05) is 30.2 Å². The SMILES string of the molecule is CCCC(C(=O)O)c1c(Br)ccc(F)c1N1CCCC(OC)C1. The molecule has 1 saturated heterocycles. The highest BCUT2D eigenvalue weighted by atomic mass is 79.9. The molecular formula is C17H23BrFNO3. The Hall–Kier alpha value is -1.14. The minimum Gasteiger partial charge on any atom is -0.481 e. The van der Waals surface area contributed by atoms with Gasteiger partial charge in [0.1, 0.15) is 5.82 Å². The lowest BCUT2D eigenvalue weighted by molar-refractivity contribution is -0.139. The first-order chi connectivity index (χ1) is 11.0. The zero-order chi connectivity index (χ0) is 17.0. The highest BCUT2D eigenvalue weighted by molar-refractivity contribution is 9.10. The fourth-order valence-corrected chi connectivity index (χ4v) is 3.82. The van der Waals surface area contributed by atoms with Crippen molar-refractivity contribution in [2.75, 3.05) is 25.1 Å². The molecule has 4 nitrogen and oxygen atoms in total. The topological polar surface area (TPSA) is 49.8 Å². The van der Waals surface area contributed by atoms with Crippen molar-refractivity contribution in [1.82, 2.24) is 0 Å². The molecule has 1 aromatic carbocycles. The van der Waals surface area contributed by atoms with Gasteiger partial charge < -0.3 is 14.7 Å². The molecule has 0 amide bonds. The fraction of sp³-hybridized carbons (Fsp3) is 0.588. The third-order valence-electron chi connectivity index (χ3n) is 4.37. The van der Waals surface area contributed by atoms with E-state index in [1.165, 1.54) is 6.07 Å². The molecule has 1 aliphatic heterocycles. The standard InChI is InChI=1S/C17H23BrFNO3/c1-3-5-12(17(21)22)15-13(18)7-8-14(19)16(15)20-9-4-6-11(10-20)23-2/h7-8,11-12H,3-6,9-10H2,1-2H3,(H,21,22). The van der Waals surface area contributed by atoms with Crippen LogP contribution >= 0.6 is 15.9 Å². The second kappa shape index (κ2) is 8.11. The Morgan fingerprint density at radius 1 is 1.57 bits per heavy atom. The molecule has 23 heavy (non-hydrogen) atoms. The second-order valence-electron chi connectivity index (χ2n) is 5.92. The lowest BCUT2D eigenvalue weighted by Crippen LogP contribution is -2.40. The van der Waals surface area contributed by atoms with Crippen molar-refractivity contribution in [2.45, 2.75) is 44.6 Å². The first-order valence-electron chi connectivity index (χ1n) is 7.98. The highest BCUT2D eigenvalue weighted by Gasteiger charge is 2.31. The van der Waals surface area contributed by atoms with Gasteiger partial charge in [-0.25, -0.2) is 4.39 Å². The summed E-state index contributed by atoms with van der Waals surface area (Å²) < 4.78 is 20.7. The highest BCUT2D eigenvalue weighted by Crippen LogP contribution is 2.39. The molecule has 0 spiro atoms. The molecule has 2 unspecified atom stereocenters. The number of methoxy groups -OCH3 is 1. The maximum Gasteiger partial charge on any atom is 0.311 e. The number of anilines is 1. The van der Waals surface area contributed by atoms with Crippen LogP contribution in [0.2, 0.25) is 0 Å². The number of piperidine rings is 1. The zero-order valence-corrected chi connectivity index (χ0v) is 15.1. The summed E-state index contributed by atoms with van der Waals surface area (Å²) in [5.74, 6) is -2.01. The van der Waals surface area contributed by atoms with Gasteiger partial charge in [-0.3, -0.25) is 4.79 Å². The molecule has 0 aromatic heterocycles. The van der Waals surface area contributed by atoms with Crippen LogP contribution in [0.1, 0.15) is 44.1 Å². The van der Waals surface area contributed by atoms with E-state index >= 15 is 0 Å². The van der Waals surface area contributed by atoms with E-state index in [2.05, 4.69) is 15.9 Å². The minimum absolute atomic E-state index is 0.0458. The van der Waals surface area contributed by atoms with E-state index in [1.54, 1.807) is 13.2 Å². The first kappa shape index (κ1) is 18.2. The summed E-state index contributed by atoms with van der Waals surface area (Å²) in [6, 6.07) is 2.99. The average molecular weight is 388 g/mol. The van der Waals surface area contributed by atoms with E-state index in [0.717, 1.165) is 19.3 Å². The van der Waals surface area contributed by atoms with Gasteiger partial charge in [-0.05, 0) is 31.4 Å². The van der Waals surface area contributed by atoms with E-state index < -0.39 is 11.9 Å². The Labute approximate surface area is 144 Å². The largest absolute Gasteiger partial charge is 0.481 e. The van der Waals surface area contributed by atoms with Gasteiger partial charge in [0.05, 0.1) is 17.7 Å². The van der Waals surface area contributed by atoms with Gasteiger partial charge >= 0.3 is 5.97 Å². The van der Waals surface area contributed by atoms with E-state index in [-0.39, 0.29) is 11.9 Å². The number of hydrogen-bond donors (Lipinski definition) is 1. The molecular weight excluding hydrogens is 365 g/mol. The average Bonchev–Trinajstić information content (AvgIpc) is 2.54. The van der Waals surface area contributed by atoms with Crippen LogP contribution in [-0.4, -0.2) is 37.4 Å². The third-order valence-corrected chi connectivity index (χ3v) is 5.06. The molecule has 6 heteroatoms. The van der Waals surface area contributed by atoms with Crippen LogP contribution in [0, 0.1) is 5.82 Å². The Morgan fingerprint density at radius 2 is 2.30 bits per heavy atom. The Bertz CT molecular complexity index is 567. The van der Waals surface area contributed by atoms with Crippen molar-refractivity contribution in [2.24, 2.45) is 0 Å². The van der Waals surface area contributed by atoms with E-state index in [9.17, 15) is 14.3 Å². The maximum atomic E-state index is 14.6. The van der Waals surface area contributed by atoms with Crippen LogP contribution in [0.4, 0.5) is 10.1 Å². The van der Waals surface area contributed by atoms with Crippen molar-refractivity contribution in [3.63, 3.8) is 0 Å². The van der Waals surface area contributed by atoms with Gasteiger partial charge in [-0.15, -0.1) is 0 Å². The van der Waals surface area contributed by atoms with Crippen LogP contribution in [-0.2, 0) is 9.53 Å². The lowest BCUT2D eigenvalue weighted by atomic mass is 9.91. The summed E-state index contributed by atoms with van der Waals surface area (Å²) in [5, 5.41) is 9.61. The summed E-state index contributed by atoms with van der Waals surface area (Å²) in [5.41, 5.74) is 0.943. The molecule has 0 bridgehead atoms. The fourth-order valence-electron chi connectivity index (χ4n) is 3.22. The van der Waals surface area contributed by atoms with Gasteiger partial charge in [-0.2, -0.15) is 0 Å². The van der Waals surface area contributed by atoms with E-state index in [4.69, 9.17) is 4.74 Å². The number of benzene rings is 1. The summed E-state index contributed by atoms with van der Waals surface area (Å²) in [6.45, 7) is 3.22. The van der Waals surface area contributed by atoms with Crippen molar-refractivity contribution in [3.05, 3.63) is 28.0 Å². The Morgan fingerprint density at radius 3 is 2.91 bits per heavy atom. The molecule has 1 aliphatic rings. The van der Waals surface area contributed by atoms with Crippen molar-refractivity contribution >= 4 is 27.6 Å². The number of carboxylic acid groups (broad SMARTS) is 1. The quantitative estimate of drug-likeness (QED) is 0.795. The van der Waals surface area contributed by atoms with Gasteiger partial charge in [-0.1, -0.05) is 29.3 Å². The van der Waals surface area contributed by atoms with E-state index in [0.29, 0.717) is 35.2 Å². The predicted molar refractivity (Wildman–Crippen MR) is 91.6 cm³/mol. The molecule has 0 saturated carbocycles. The second-order valence-corrected chi connectivity index (χ2v) is 6.77. The molecule has 2 atom stereocenters. The van der Waals surface area contributed by atoms with Crippen LogP contribution in [0.5, 0.6) is 0 Å². The number of carboxylic acids is 1. The maximum absolute atomic E-state index is 14.6. The third kappa shape index (κ3) is 4.04. The van der Waals surface area contributed by atoms with Crippen molar-refractivity contribution in [1.29, 1.82) is 0 Å².